The topological polar surface area (TPSA) is 70.9 Å². The third-order valence-electron chi connectivity index (χ3n) is 2.38. The minimum atomic E-state index is -0.155. The van der Waals surface area contributed by atoms with Gasteiger partial charge in [-0.25, -0.2) is 0 Å². The summed E-state index contributed by atoms with van der Waals surface area (Å²) in [5.74, 6) is 0.390. The highest BCUT2D eigenvalue weighted by Crippen LogP contribution is 2.11. The smallest absolute Gasteiger partial charge is 0.257 e. The highest BCUT2D eigenvalue weighted by Gasteiger charge is 2.16. The summed E-state index contributed by atoms with van der Waals surface area (Å²) in [5, 5.41) is 6.55. The molecule has 5 nitrogen and oxygen atoms in total. The van der Waals surface area contributed by atoms with Crippen molar-refractivity contribution in [3.05, 3.63) is 41.0 Å². The van der Waals surface area contributed by atoms with Crippen molar-refractivity contribution >= 4 is 5.91 Å². The molecule has 0 unspecified atom stereocenters. The third kappa shape index (κ3) is 1.98. The van der Waals surface area contributed by atoms with Crippen molar-refractivity contribution in [2.75, 3.05) is 0 Å². The first kappa shape index (κ1) is 10.5. The van der Waals surface area contributed by atoms with E-state index in [1.165, 1.54) is 0 Å². The lowest BCUT2D eigenvalue weighted by molar-refractivity contribution is 0.0949. The van der Waals surface area contributed by atoms with Crippen LogP contribution in [0, 0.1) is 13.8 Å². The van der Waals surface area contributed by atoms with Crippen molar-refractivity contribution in [1.82, 2.24) is 15.5 Å². The number of nitrogens with one attached hydrogen (secondary N) is 2. The van der Waals surface area contributed by atoms with Gasteiger partial charge in [-0.3, -0.25) is 4.79 Å². The molecular formula is C11H13N3O2. The summed E-state index contributed by atoms with van der Waals surface area (Å²) in [6.45, 7) is 3.97. The summed E-state index contributed by atoms with van der Waals surface area (Å²) in [6.07, 6.45) is 3.66. The number of H-pyrrole nitrogens is 1. The van der Waals surface area contributed by atoms with E-state index in [4.69, 9.17) is 4.52 Å². The molecule has 84 valence electrons. The van der Waals surface area contributed by atoms with Crippen LogP contribution in [0.15, 0.2) is 23.0 Å². The van der Waals surface area contributed by atoms with E-state index in [1.807, 2.05) is 18.5 Å². The van der Waals surface area contributed by atoms with Crippen molar-refractivity contribution in [3.63, 3.8) is 0 Å². The van der Waals surface area contributed by atoms with E-state index in [9.17, 15) is 4.79 Å². The standard InChI is InChI=1S/C11H13N3O2/c1-7-10(8(2)16-14-7)11(15)13-6-9-3-4-12-5-9/h3-5,12H,6H2,1-2H3,(H,13,15). The van der Waals surface area contributed by atoms with Crippen molar-refractivity contribution in [2.45, 2.75) is 20.4 Å². The molecule has 0 aliphatic carbocycles. The van der Waals surface area contributed by atoms with Crippen LogP contribution in [0.5, 0.6) is 0 Å². The normalized spacial score (nSPS) is 10.4. The lowest BCUT2D eigenvalue weighted by Gasteiger charge is -2.02. The first-order valence-corrected chi connectivity index (χ1v) is 5.01. The Hall–Kier alpha value is -2.04. The van der Waals surface area contributed by atoms with Gasteiger partial charge in [-0.1, -0.05) is 5.16 Å². The number of amides is 1. The molecule has 0 fully saturated rings. The monoisotopic (exact) mass is 219 g/mol. The van der Waals surface area contributed by atoms with Crippen molar-refractivity contribution in [3.8, 4) is 0 Å². The zero-order chi connectivity index (χ0) is 11.5. The van der Waals surface area contributed by atoms with Crippen LogP contribution in [0.3, 0.4) is 0 Å². The van der Waals surface area contributed by atoms with Crippen LogP contribution in [0.25, 0.3) is 0 Å². The van der Waals surface area contributed by atoms with Gasteiger partial charge in [0.1, 0.15) is 11.3 Å². The zero-order valence-corrected chi connectivity index (χ0v) is 9.20. The molecule has 0 aliphatic rings. The average Bonchev–Trinajstić information content (AvgIpc) is 2.86. The Balaban J connectivity index is 2.04. The van der Waals surface area contributed by atoms with Crippen LogP contribution < -0.4 is 5.32 Å². The van der Waals surface area contributed by atoms with Gasteiger partial charge in [0.2, 0.25) is 0 Å². The van der Waals surface area contributed by atoms with E-state index in [-0.39, 0.29) is 5.91 Å². The maximum absolute atomic E-state index is 11.8. The lowest BCUT2D eigenvalue weighted by atomic mass is 10.2. The van der Waals surface area contributed by atoms with E-state index >= 15 is 0 Å². The fourth-order valence-corrected chi connectivity index (χ4v) is 1.55. The fourth-order valence-electron chi connectivity index (χ4n) is 1.55. The molecule has 2 aromatic rings. The van der Waals surface area contributed by atoms with Crippen molar-refractivity contribution in [1.29, 1.82) is 0 Å². The lowest BCUT2D eigenvalue weighted by Crippen LogP contribution is -2.23. The highest BCUT2D eigenvalue weighted by molar-refractivity contribution is 5.95. The molecule has 0 radical (unpaired) electrons. The van der Waals surface area contributed by atoms with Gasteiger partial charge in [-0.15, -0.1) is 0 Å². The maximum Gasteiger partial charge on any atom is 0.257 e. The van der Waals surface area contributed by atoms with Gasteiger partial charge in [0.15, 0.2) is 0 Å². The summed E-state index contributed by atoms with van der Waals surface area (Å²) in [4.78, 5) is 14.8. The number of carbonyl (C=O) groups excluding carboxylic acids is 1. The van der Waals surface area contributed by atoms with Crippen LogP contribution in [0.1, 0.15) is 27.4 Å². The maximum atomic E-state index is 11.8. The second kappa shape index (κ2) is 4.22. The van der Waals surface area contributed by atoms with Gasteiger partial charge in [0.05, 0.1) is 5.69 Å². The second-order valence-corrected chi connectivity index (χ2v) is 3.60. The Morgan fingerprint density at radius 1 is 1.56 bits per heavy atom. The van der Waals surface area contributed by atoms with Gasteiger partial charge < -0.3 is 14.8 Å². The SMILES string of the molecule is Cc1noc(C)c1C(=O)NCc1cc[nH]c1. The molecule has 0 bridgehead atoms. The van der Waals surface area contributed by atoms with Crippen LogP contribution in [0.4, 0.5) is 0 Å². The highest BCUT2D eigenvalue weighted by atomic mass is 16.5. The number of aryl methyl sites for hydroxylation is 2. The minimum absolute atomic E-state index is 0.155. The fraction of sp³-hybridized carbons (Fsp3) is 0.273. The molecule has 0 saturated heterocycles. The van der Waals surface area contributed by atoms with Crippen molar-refractivity contribution in [2.24, 2.45) is 0 Å². The van der Waals surface area contributed by atoms with Crippen LogP contribution >= 0.6 is 0 Å². The van der Waals surface area contributed by atoms with Crippen molar-refractivity contribution < 1.29 is 9.32 Å². The predicted molar refractivity (Wildman–Crippen MR) is 57.9 cm³/mol. The number of carbonyl (C=O) groups is 1. The summed E-state index contributed by atoms with van der Waals surface area (Å²) in [7, 11) is 0. The van der Waals surface area contributed by atoms with Gasteiger partial charge in [0.25, 0.3) is 5.91 Å². The minimum Gasteiger partial charge on any atom is -0.367 e. The molecule has 0 atom stereocenters. The molecule has 0 spiro atoms. The molecular weight excluding hydrogens is 206 g/mol. The molecule has 5 heteroatoms. The Labute approximate surface area is 92.8 Å². The van der Waals surface area contributed by atoms with E-state index in [0.717, 1.165) is 5.56 Å². The molecule has 2 rings (SSSR count). The Bertz CT molecular complexity index is 466. The number of rotatable bonds is 3. The summed E-state index contributed by atoms with van der Waals surface area (Å²) in [6, 6.07) is 1.91. The first-order chi connectivity index (χ1) is 7.68. The van der Waals surface area contributed by atoms with Gasteiger partial charge in [0, 0.05) is 18.9 Å². The Morgan fingerprint density at radius 3 is 2.94 bits per heavy atom. The van der Waals surface area contributed by atoms with E-state index in [2.05, 4.69) is 15.5 Å². The second-order valence-electron chi connectivity index (χ2n) is 3.60. The largest absolute Gasteiger partial charge is 0.367 e. The zero-order valence-electron chi connectivity index (χ0n) is 9.20. The number of aromatic nitrogens is 2. The molecule has 0 saturated carbocycles. The summed E-state index contributed by atoms with van der Waals surface area (Å²) < 4.78 is 4.94. The van der Waals surface area contributed by atoms with Crippen LogP contribution in [-0.4, -0.2) is 16.0 Å². The molecule has 0 aromatic carbocycles. The molecule has 1 amide bonds. The van der Waals surface area contributed by atoms with Crippen LogP contribution in [-0.2, 0) is 6.54 Å². The number of nitrogens with zero attached hydrogens (tertiary/aromatic N) is 1. The quantitative estimate of drug-likeness (QED) is 0.822. The van der Waals surface area contributed by atoms with Gasteiger partial charge in [-0.05, 0) is 25.5 Å². The van der Waals surface area contributed by atoms with E-state index in [1.54, 1.807) is 13.8 Å². The first-order valence-electron chi connectivity index (χ1n) is 5.01. The molecule has 2 aromatic heterocycles. The van der Waals surface area contributed by atoms with E-state index < -0.39 is 0 Å². The Kier molecular flexibility index (Phi) is 2.76. The molecule has 0 aliphatic heterocycles. The summed E-state index contributed by atoms with van der Waals surface area (Å²) in [5.41, 5.74) is 2.17. The molecule has 2 heterocycles. The van der Waals surface area contributed by atoms with Crippen LogP contribution in [0.2, 0.25) is 0 Å². The summed E-state index contributed by atoms with van der Waals surface area (Å²) >= 11 is 0. The van der Waals surface area contributed by atoms with E-state index in [0.29, 0.717) is 23.6 Å². The number of aromatic amines is 1. The molecule has 2 N–H and O–H groups in total. The number of hydrogen-bond acceptors (Lipinski definition) is 3. The average molecular weight is 219 g/mol. The number of hydrogen-bond donors (Lipinski definition) is 2. The third-order valence-corrected chi connectivity index (χ3v) is 2.38. The van der Waals surface area contributed by atoms with Gasteiger partial charge >= 0.3 is 0 Å². The molecule has 16 heavy (non-hydrogen) atoms. The van der Waals surface area contributed by atoms with Gasteiger partial charge in [-0.2, -0.15) is 0 Å². The Morgan fingerprint density at radius 2 is 2.38 bits per heavy atom. The predicted octanol–water partition coefficient (Wildman–Crippen LogP) is 1.55.